The van der Waals surface area contributed by atoms with Crippen LogP contribution in [0.1, 0.15) is 31.2 Å². The van der Waals surface area contributed by atoms with Gasteiger partial charge in [-0.25, -0.2) is 0 Å². The van der Waals surface area contributed by atoms with Crippen molar-refractivity contribution in [1.82, 2.24) is 5.32 Å². The number of hydrogen-bond donors (Lipinski definition) is 1. The van der Waals surface area contributed by atoms with Crippen LogP contribution in [-0.2, 0) is 11.3 Å². The van der Waals surface area contributed by atoms with E-state index in [2.05, 4.69) is 11.4 Å². The highest BCUT2D eigenvalue weighted by atomic mass is 16.5. The summed E-state index contributed by atoms with van der Waals surface area (Å²) in [6.45, 7) is 2.54. The summed E-state index contributed by atoms with van der Waals surface area (Å²) in [5.41, 5.74) is 2.18. The molecule has 1 heterocycles. The SMILES string of the molecule is c1ccc2c(CNCCOC3CCCC3)coc2c1. The van der Waals surface area contributed by atoms with Gasteiger partial charge < -0.3 is 14.5 Å². The van der Waals surface area contributed by atoms with Gasteiger partial charge in [-0.3, -0.25) is 0 Å². The molecule has 1 aromatic carbocycles. The second-order valence-corrected chi connectivity index (χ2v) is 5.21. The number of rotatable bonds is 6. The smallest absolute Gasteiger partial charge is 0.134 e. The molecular weight excluding hydrogens is 238 g/mol. The van der Waals surface area contributed by atoms with Gasteiger partial charge in [-0.15, -0.1) is 0 Å². The summed E-state index contributed by atoms with van der Waals surface area (Å²) in [7, 11) is 0. The van der Waals surface area contributed by atoms with E-state index < -0.39 is 0 Å². The van der Waals surface area contributed by atoms with Gasteiger partial charge in [0.25, 0.3) is 0 Å². The van der Waals surface area contributed by atoms with Crippen LogP contribution in [0.5, 0.6) is 0 Å². The third-order valence-electron chi connectivity index (χ3n) is 3.81. The Morgan fingerprint density at radius 2 is 2.05 bits per heavy atom. The zero-order valence-electron chi connectivity index (χ0n) is 11.2. The molecule has 0 bridgehead atoms. The molecule has 1 saturated carbocycles. The molecule has 3 rings (SSSR count). The summed E-state index contributed by atoms with van der Waals surface area (Å²) in [5.74, 6) is 0. The van der Waals surface area contributed by atoms with Gasteiger partial charge >= 0.3 is 0 Å². The molecule has 3 heteroatoms. The summed E-state index contributed by atoms with van der Waals surface area (Å²) in [4.78, 5) is 0. The lowest BCUT2D eigenvalue weighted by atomic mass is 10.2. The first-order valence-electron chi connectivity index (χ1n) is 7.21. The highest BCUT2D eigenvalue weighted by Crippen LogP contribution is 2.21. The third-order valence-corrected chi connectivity index (χ3v) is 3.81. The van der Waals surface area contributed by atoms with Crippen LogP contribution in [0, 0.1) is 0 Å². The van der Waals surface area contributed by atoms with Crippen LogP contribution in [0.25, 0.3) is 11.0 Å². The second-order valence-electron chi connectivity index (χ2n) is 5.21. The van der Waals surface area contributed by atoms with Crippen LogP contribution in [0.4, 0.5) is 0 Å². The summed E-state index contributed by atoms with van der Waals surface area (Å²) >= 11 is 0. The fourth-order valence-corrected chi connectivity index (χ4v) is 2.75. The Labute approximate surface area is 113 Å². The first kappa shape index (κ1) is 12.7. The molecule has 102 valence electrons. The van der Waals surface area contributed by atoms with E-state index in [-0.39, 0.29) is 0 Å². The van der Waals surface area contributed by atoms with Gasteiger partial charge in [-0.05, 0) is 18.9 Å². The molecule has 2 aromatic rings. The van der Waals surface area contributed by atoms with Crippen molar-refractivity contribution in [3.05, 3.63) is 36.1 Å². The third kappa shape index (κ3) is 3.17. The maximum Gasteiger partial charge on any atom is 0.134 e. The molecule has 1 N–H and O–H groups in total. The largest absolute Gasteiger partial charge is 0.464 e. The van der Waals surface area contributed by atoms with Crippen molar-refractivity contribution in [2.45, 2.75) is 38.3 Å². The lowest BCUT2D eigenvalue weighted by Gasteiger charge is -2.11. The molecule has 0 amide bonds. The number of ether oxygens (including phenoxy) is 1. The molecule has 0 radical (unpaired) electrons. The maximum absolute atomic E-state index is 5.82. The number of para-hydroxylation sites is 1. The fraction of sp³-hybridized carbons (Fsp3) is 0.500. The Hall–Kier alpha value is -1.32. The quantitative estimate of drug-likeness (QED) is 0.806. The molecule has 0 aliphatic heterocycles. The van der Waals surface area contributed by atoms with Crippen molar-refractivity contribution >= 4 is 11.0 Å². The minimum atomic E-state index is 0.511. The predicted molar refractivity (Wildman–Crippen MR) is 76.1 cm³/mol. The molecule has 0 spiro atoms. The molecule has 0 unspecified atom stereocenters. The molecule has 1 fully saturated rings. The summed E-state index contributed by atoms with van der Waals surface area (Å²) < 4.78 is 11.3. The Morgan fingerprint density at radius 1 is 1.21 bits per heavy atom. The monoisotopic (exact) mass is 259 g/mol. The Kier molecular flexibility index (Phi) is 4.16. The molecule has 1 aliphatic rings. The van der Waals surface area contributed by atoms with Gasteiger partial charge in [0.1, 0.15) is 5.58 Å². The standard InChI is InChI=1S/C16H21NO2/c1-2-6-14(5-1)18-10-9-17-11-13-12-19-16-8-4-3-7-15(13)16/h3-4,7-8,12,14,17H,1-2,5-6,9-11H2. The number of benzene rings is 1. The summed E-state index contributed by atoms with van der Waals surface area (Å²) in [6, 6.07) is 8.15. The minimum Gasteiger partial charge on any atom is -0.464 e. The van der Waals surface area contributed by atoms with E-state index >= 15 is 0 Å². The molecular formula is C16H21NO2. The number of fused-ring (bicyclic) bond motifs is 1. The van der Waals surface area contributed by atoms with Crippen LogP contribution in [-0.4, -0.2) is 19.3 Å². The normalized spacial score (nSPS) is 16.4. The van der Waals surface area contributed by atoms with Crippen LogP contribution in [0.2, 0.25) is 0 Å². The average Bonchev–Trinajstić information content (AvgIpc) is 3.08. The van der Waals surface area contributed by atoms with E-state index in [4.69, 9.17) is 9.15 Å². The average molecular weight is 259 g/mol. The van der Waals surface area contributed by atoms with Crippen molar-refractivity contribution in [1.29, 1.82) is 0 Å². The molecule has 19 heavy (non-hydrogen) atoms. The van der Waals surface area contributed by atoms with Gasteiger partial charge in [-0.2, -0.15) is 0 Å². The van der Waals surface area contributed by atoms with E-state index in [1.807, 2.05) is 24.5 Å². The van der Waals surface area contributed by atoms with Gasteiger partial charge in [0, 0.05) is 24.0 Å². The van der Waals surface area contributed by atoms with E-state index in [9.17, 15) is 0 Å². The molecule has 1 aromatic heterocycles. The van der Waals surface area contributed by atoms with Crippen LogP contribution in [0.15, 0.2) is 34.9 Å². The first-order valence-corrected chi connectivity index (χ1v) is 7.21. The Bertz CT molecular complexity index is 514. The predicted octanol–water partition coefficient (Wildman–Crippen LogP) is 3.48. The lowest BCUT2D eigenvalue weighted by Crippen LogP contribution is -2.21. The number of furan rings is 1. The Balaban J connectivity index is 1.42. The summed E-state index contributed by atoms with van der Waals surface area (Å²) in [6.07, 6.45) is 7.50. The van der Waals surface area contributed by atoms with Gasteiger partial charge in [0.2, 0.25) is 0 Å². The highest BCUT2D eigenvalue weighted by Gasteiger charge is 2.14. The maximum atomic E-state index is 5.82. The second kappa shape index (κ2) is 6.22. The number of hydrogen-bond acceptors (Lipinski definition) is 3. The zero-order chi connectivity index (χ0) is 12.9. The van der Waals surface area contributed by atoms with Crippen LogP contribution < -0.4 is 5.32 Å². The first-order chi connectivity index (χ1) is 9.43. The highest BCUT2D eigenvalue weighted by molar-refractivity contribution is 5.80. The molecule has 3 nitrogen and oxygen atoms in total. The number of nitrogens with one attached hydrogen (secondary N) is 1. The van der Waals surface area contributed by atoms with Gasteiger partial charge in [-0.1, -0.05) is 31.0 Å². The van der Waals surface area contributed by atoms with Crippen molar-refractivity contribution in [2.75, 3.05) is 13.2 Å². The fourth-order valence-electron chi connectivity index (χ4n) is 2.75. The van der Waals surface area contributed by atoms with E-state index in [1.165, 1.54) is 36.6 Å². The zero-order valence-corrected chi connectivity index (χ0v) is 11.2. The van der Waals surface area contributed by atoms with Gasteiger partial charge in [0.15, 0.2) is 0 Å². The van der Waals surface area contributed by atoms with E-state index in [0.717, 1.165) is 25.3 Å². The van der Waals surface area contributed by atoms with E-state index in [0.29, 0.717) is 6.10 Å². The topological polar surface area (TPSA) is 34.4 Å². The molecule has 0 saturated heterocycles. The van der Waals surface area contributed by atoms with Crippen LogP contribution in [0.3, 0.4) is 0 Å². The van der Waals surface area contributed by atoms with Crippen molar-refractivity contribution < 1.29 is 9.15 Å². The molecule has 1 aliphatic carbocycles. The summed E-state index contributed by atoms with van der Waals surface area (Å²) in [5, 5.41) is 4.62. The van der Waals surface area contributed by atoms with Crippen LogP contribution >= 0.6 is 0 Å². The van der Waals surface area contributed by atoms with Crippen molar-refractivity contribution in [3.8, 4) is 0 Å². The Morgan fingerprint density at radius 3 is 2.95 bits per heavy atom. The molecule has 0 atom stereocenters. The van der Waals surface area contributed by atoms with Gasteiger partial charge in [0.05, 0.1) is 19.0 Å². The van der Waals surface area contributed by atoms with Crippen molar-refractivity contribution in [3.63, 3.8) is 0 Å². The van der Waals surface area contributed by atoms with Crippen molar-refractivity contribution in [2.24, 2.45) is 0 Å². The minimum absolute atomic E-state index is 0.511. The lowest BCUT2D eigenvalue weighted by molar-refractivity contribution is 0.0603. The van der Waals surface area contributed by atoms with E-state index in [1.54, 1.807) is 0 Å².